The normalized spacial score (nSPS) is 10.9. The van der Waals surface area contributed by atoms with E-state index in [4.69, 9.17) is 23.2 Å². The summed E-state index contributed by atoms with van der Waals surface area (Å²) < 4.78 is 0. The summed E-state index contributed by atoms with van der Waals surface area (Å²) in [5.41, 5.74) is 3.82. The molecule has 2 aromatic rings. The monoisotopic (exact) mass is 333 g/mol. The zero-order chi connectivity index (χ0) is 16.1. The highest BCUT2D eigenvalue weighted by Gasteiger charge is 2.08. The van der Waals surface area contributed by atoms with E-state index < -0.39 is 0 Å². The van der Waals surface area contributed by atoms with E-state index in [2.05, 4.69) is 18.3 Å². The van der Waals surface area contributed by atoms with Crippen molar-refractivity contribution < 1.29 is 4.79 Å². The lowest BCUT2D eigenvalue weighted by Gasteiger charge is -2.10. The highest BCUT2D eigenvalue weighted by Crippen LogP contribution is 2.23. The molecule has 2 rings (SSSR count). The molecule has 0 aliphatic rings. The number of benzene rings is 2. The summed E-state index contributed by atoms with van der Waals surface area (Å²) in [4.78, 5) is 12.2. The van der Waals surface area contributed by atoms with Crippen LogP contribution in [-0.2, 0) is 6.42 Å². The molecule has 0 heterocycles. The van der Waals surface area contributed by atoms with Gasteiger partial charge >= 0.3 is 0 Å². The van der Waals surface area contributed by atoms with Crippen LogP contribution in [0.1, 0.15) is 28.4 Å². The van der Waals surface area contributed by atoms with Crippen LogP contribution in [0.2, 0.25) is 10.0 Å². The van der Waals surface area contributed by atoms with Crippen LogP contribution >= 0.6 is 23.2 Å². The number of halogens is 2. The number of anilines is 1. The smallest absolute Gasteiger partial charge is 0.188 e. The standard InChI is InChI=1S/C18H17Cl2NO/c1-3-13-6-4-5-12(2)18(13)21-10-9-17(22)15-8-7-14(19)11-16(15)20/h4-11,21H,3H2,1-2H3. The molecule has 1 N–H and O–H groups in total. The molecule has 4 heteroatoms. The highest BCUT2D eigenvalue weighted by atomic mass is 35.5. The van der Waals surface area contributed by atoms with E-state index in [0.29, 0.717) is 15.6 Å². The largest absolute Gasteiger partial charge is 0.361 e. The first kappa shape index (κ1) is 16.6. The van der Waals surface area contributed by atoms with Gasteiger partial charge in [0.15, 0.2) is 5.78 Å². The SMILES string of the molecule is CCc1cccc(C)c1NC=CC(=O)c1ccc(Cl)cc1Cl. The van der Waals surface area contributed by atoms with E-state index in [-0.39, 0.29) is 5.78 Å². The molecule has 0 atom stereocenters. The Morgan fingerprint density at radius 1 is 1.23 bits per heavy atom. The molecule has 2 aromatic carbocycles. The first-order valence-corrected chi connectivity index (χ1v) is 7.79. The second-order valence-corrected chi connectivity index (χ2v) is 5.77. The number of aryl methyl sites for hydroxylation is 2. The van der Waals surface area contributed by atoms with E-state index in [1.165, 1.54) is 11.6 Å². The van der Waals surface area contributed by atoms with Gasteiger partial charge < -0.3 is 5.32 Å². The van der Waals surface area contributed by atoms with Crippen molar-refractivity contribution in [1.29, 1.82) is 0 Å². The molecule has 0 aliphatic heterocycles. The van der Waals surface area contributed by atoms with Gasteiger partial charge in [-0.15, -0.1) is 0 Å². The fourth-order valence-electron chi connectivity index (χ4n) is 2.21. The van der Waals surface area contributed by atoms with Gasteiger partial charge in [-0.3, -0.25) is 4.79 Å². The third-order valence-electron chi connectivity index (χ3n) is 3.40. The van der Waals surface area contributed by atoms with Gasteiger partial charge in [0, 0.05) is 28.5 Å². The minimum Gasteiger partial charge on any atom is -0.361 e. The maximum Gasteiger partial charge on any atom is 0.188 e. The number of hydrogen-bond acceptors (Lipinski definition) is 2. The van der Waals surface area contributed by atoms with Gasteiger partial charge in [0.2, 0.25) is 0 Å². The number of nitrogens with one attached hydrogen (secondary N) is 1. The number of hydrogen-bond donors (Lipinski definition) is 1. The third-order valence-corrected chi connectivity index (χ3v) is 3.95. The van der Waals surface area contributed by atoms with Crippen molar-refractivity contribution in [3.8, 4) is 0 Å². The van der Waals surface area contributed by atoms with E-state index in [0.717, 1.165) is 17.7 Å². The van der Waals surface area contributed by atoms with Crippen LogP contribution < -0.4 is 5.32 Å². The van der Waals surface area contributed by atoms with Crippen LogP contribution in [0.25, 0.3) is 0 Å². The summed E-state index contributed by atoms with van der Waals surface area (Å²) >= 11 is 11.9. The van der Waals surface area contributed by atoms with E-state index in [1.54, 1.807) is 24.4 Å². The lowest BCUT2D eigenvalue weighted by Crippen LogP contribution is -2.00. The fraction of sp³-hybridized carbons (Fsp3) is 0.167. The number of para-hydroxylation sites is 1. The lowest BCUT2D eigenvalue weighted by atomic mass is 10.1. The molecule has 0 radical (unpaired) electrons. The number of rotatable bonds is 5. The van der Waals surface area contributed by atoms with Crippen molar-refractivity contribution in [3.63, 3.8) is 0 Å². The molecule has 0 fully saturated rings. The zero-order valence-electron chi connectivity index (χ0n) is 12.5. The lowest BCUT2D eigenvalue weighted by molar-refractivity contribution is 0.104. The van der Waals surface area contributed by atoms with Crippen LogP contribution in [0.3, 0.4) is 0 Å². The van der Waals surface area contributed by atoms with Gasteiger partial charge in [-0.2, -0.15) is 0 Å². The number of ketones is 1. The second kappa shape index (κ2) is 7.48. The van der Waals surface area contributed by atoms with E-state index in [9.17, 15) is 4.79 Å². The topological polar surface area (TPSA) is 29.1 Å². The molecule has 0 aliphatic carbocycles. The molecule has 0 saturated heterocycles. The molecule has 0 bridgehead atoms. The second-order valence-electron chi connectivity index (χ2n) is 4.93. The molecular weight excluding hydrogens is 317 g/mol. The van der Waals surface area contributed by atoms with Crippen molar-refractivity contribution in [3.05, 3.63) is 75.4 Å². The molecule has 22 heavy (non-hydrogen) atoms. The van der Waals surface area contributed by atoms with Gasteiger partial charge in [-0.05, 0) is 42.7 Å². The van der Waals surface area contributed by atoms with Crippen LogP contribution in [0.5, 0.6) is 0 Å². The average Bonchev–Trinajstić information content (AvgIpc) is 2.48. The minimum absolute atomic E-state index is 0.166. The predicted molar refractivity (Wildman–Crippen MR) is 94.1 cm³/mol. The number of allylic oxidation sites excluding steroid dienone is 1. The first-order chi connectivity index (χ1) is 10.5. The van der Waals surface area contributed by atoms with Crippen LogP contribution in [0.4, 0.5) is 5.69 Å². The molecule has 2 nitrogen and oxygen atoms in total. The maximum absolute atomic E-state index is 12.2. The Balaban J connectivity index is 2.14. The Kier molecular flexibility index (Phi) is 5.64. The summed E-state index contributed by atoms with van der Waals surface area (Å²) in [5.74, 6) is -0.166. The summed E-state index contributed by atoms with van der Waals surface area (Å²) in [6, 6.07) is 11.0. The number of carbonyl (C=O) groups is 1. The van der Waals surface area contributed by atoms with E-state index in [1.807, 2.05) is 19.1 Å². The summed E-state index contributed by atoms with van der Waals surface area (Å²) in [7, 11) is 0. The van der Waals surface area contributed by atoms with Gasteiger partial charge in [0.25, 0.3) is 0 Å². The molecule has 0 aromatic heterocycles. The molecule has 0 spiro atoms. The summed E-state index contributed by atoms with van der Waals surface area (Å²) in [6.07, 6.45) is 4.05. The van der Waals surface area contributed by atoms with Crippen molar-refractivity contribution in [2.45, 2.75) is 20.3 Å². The highest BCUT2D eigenvalue weighted by molar-refractivity contribution is 6.37. The quantitative estimate of drug-likeness (QED) is 0.563. The molecular formula is C18H17Cl2NO. The first-order valence-electron chi connectivity index (χ1n) is 7.04. The van der Waals surface area contributed by atoms with Crippen molar-refractivity contribution in [2.75, 3.05) is 5.32 Å². The van der Waals surface area contributed by atoms with Gasteiger partial charge in [0.1, 0.15) is 0 Å². The third kappa shape index (κ3) is 3.90. The van der Waals surface area contributed by atoms with Crippen molar-refractivity contribution in [1.82, 2.24) is 0 Å². The minimum atomic E-state index is -0.166. The maximum atomic E-state index is 12.2. The van der Waals surface area contributed by atoms with Crippen LogP contribution in [-0.4, -0.2) is 5.78 Å². The van der Waals surface area contributed by atoms with Crippen LogP contribution in [0.15, 0.2) is 48.7 Å². The Morgan fingerprint density at radius 2 is 2.00 bits per heavy atom. The zero-order valence-corrected chi connectivity index (χ0v) is 14.0. The Labute approximate surface area is 140 Å². The molecule has 0 amide bonds. The van der Waals surface area contributed by atoms with Gasteiger partial charge in [-0.25, -0.2) is 0 Å². The van der Waals surface area contributed by atoms with Gasteiger partial charge in [0.05, 0.1) is 5.02 Å². The Morgan fingerprint density at radius 3 is 2.68 bits per heavy atom. The van der Waals surface area contributed by atoms with E-state index >= 15 is 0 Å². The van der Waals surface area contributed by atoms with Crippen molar-refractivity contribution >= 4 is 34.7 Å². The van der Waals surface area contributed by atoms with Crippen molar-refractivity contribution in [2.24, 2.45) is 0 Å². The Bertz CT molecular complexity index is 723. The Hall–Kier alpha value is -1.77. The average molecular weight is 334 g/mol. The molecule has 0 unspecified atom stereocenters. The summed E-state index contributed by atoms with van der Waals surface area (Å²) in [5, 5.41) is 4.06. The molecule has 114 valence electrons. The molecule has 0 saturated carbocycles. The fourth-order valence-corrected chi connectivity index (χ4v) is 2.71. The van der Waals surface area contributed by atoms with Gasteiger partial charge in [-0.1, -0.05) is 48.3 Å². The summed E-state index contributed by atoms with van der Waals surface area (Å²) in [6.45, 7) is 4.13. The predicted octanol–water partition coefficient (Wildman–Crippen LogP) is 5.67. The van der Waals surface area contributed by atoms with Crippen LogP contribution in [0, 0.1) is 6.92 Å². The number of carbonyl (C=O) groups excluding carboxylic acids is 1.